The van der Waals surface area contributed by atoms with Crippen LogP contribution in [0.1, 0.15) is 33.6 Å². The van der Waals surface area contributed by atoms with E-state index in [1.807, 2.05) is 13.8 Å². The lowest BCUT2D eigenvalue weighted by Gasteiger charge is -2.38. The van der Waals surface area contributed by atoms with E-state index in [0.717, 1.165) is 6.42 Å². The quantitative estimate of drug-likeness (QED) is 0.704. The molecule has 0 aromatic heterocycles. The lowest BCUT2D eigenvalue weighted by molar-refractivity contribution is -0.197. The van der Waals surface area contributed by atoms with Crippen molar-refractivity contribution in [2.45, 2.75) is 50.9 Å². The molecule has 88 valence electrons. The van der Waals surface area contributed by atoms with Crippen molar-refractivity contribution in [2.75, 3.05) is 7.11 Å². The average molecular weight is 235 g/mol. The molecule has 0 unspecified atom stereocenters. The van der Waals surface area contributed by atoms with E-state index >= 15 is 0 Å². The second-order valence-electron chi connectivity index (χ2n) is 4.63. The number of hydrogen-bond donors (Lipinski definition) is 0. The topological polar surface area (TPSA) is 35.5 Å². The fourth-order valence-electron chi connectivity index (χ4n) is 1.86. The Morgan fingerprint density at radius 3 is 2.47 bits per heavy atom. The Balaban J connectivity index is 2.71. The molecule has 0 aliphatic carbocycles. The number of alkyl halides is 1. The number of methoxy groups -OCH3 is 1. The highest BCUT2D eigenvalue weighted by atomic mass is 35.5. The maximum atomic E-state index is 11.3. The molecule has 0 bridgehead atoms. The van der Waals surface area contributed by atoms with Crippen LogP contribution in [0.15, 0.2) is 0 Å². The summed E-state index contributed by atoms with van der Waals surface area (Å²) in [6.07, 6.45) is 0.755. The van der Waals surface area contributed by atoms with Crippen molar-refractivity contribution in [3.8, 4) is 0 Å². The first-order valence-electron chi connectivity index (χ1n) is 5.22. The zero-order valence-electron chi connectivity index (χ0n) is 9.75. The summed E-state index contributed by atoms with van der Waals surface area (Å²) in [6, 6.07) is 0. The summed E-state index contributed by atoms with van der Waals surface area (Å²) in [5.74, 6) is 0.287. The van der Waals surface area contributed by atoms with E-state index < -0.39 is 0 Å². The minimum atomic E-state index is -0.369. The molecule has 0 radical (unpaired) electrons. The van der Waals surface area contributed by atoms with Crippen LogP contribution in [0.5, 0.6) is 0 Å². The number of rotatable bonds is 3. The van der Waals surface area contributed by atoms with Crippen molar-refractivity contribution in [1.82, 2.24) is 0 Å². The fraction of sp³-hybridized carbons (Fsp3) is 0.909. The van der Waals surface area contributed by atoms with Gasteiger partial charge in [0.1, 0.15) is 6.10 Å². The average Bonchev–Trinajstić information content (AvgIpc) is 2.15. The van der Waals surface area contributed by atoms with E-state index in [1.165, 1.54) is 0 Å². The molecule has 0 aromatic rings. The van der Waals surface area contributed by atoms with Crippen LogP contribution >= 0.6 is 11.6 Å². The Bertz CT molecular complexity index is 234. The first-order valence-corrected chi connectivity index (χ1v) is 5.60. The summed E-state index contributed by atoms with van der Waals surface area (Å²) in [7, 11) is 1.59. The summed E-state index contributed by atoms with van der Waals surface area (Å²) >= 11 is 6.28. The second kappa shape index (κ2) is 4.81. The van der Waals surface area contributed by atoms with Gasteiger partial charge in [0.05, 0.1) is 0 Å². The normalized spacial score (nSPS) is 32.7. The van der Waals surface area contributed by atoms with Gasteiger partial charge in [-0.3, -0.25) is 4.79 Å². The minimum Gasteiger partial charge on any atom is -0.356 e. The summed E-state index contributed by atoms with van der Waals surface area (Å²) < 4.78 is 10.7. The van der Waals surface area contributed by atoms with Gasteiger partial charge in [-0.1, -0.05) is 0 Å². The Kier molecular flexibility index (Phi) is 4.15. The third-order valence-corrected chi connectivity index (χ3v) is 3.29. The predicted octanol–water partition coefficient (Wildman–Crippen LogP) is 2.36. The maximum absolute atomic E-state index is 11.3. The Morgan fingerprint density at radius 1 is 1.47 bits per heavy atom. The molecule has 0 spiro atoms. The first kappa shape index (κ1) is 12.9. The smallest absolute Gasteiger partial charge is 0.158 e. The number of carbonyl (C=O) groups excluding carboxylic acids is 1. The Morgan fingerprint density at radius 2 is 2.07 bits per heavy atom. The van der Waals surface area contributed by atoms with E-state index in [2.05, 4.69) is 0 Å². The largest absolute Gasteiger partial charge is 0.356 e. The third kappa shape index (κ3) is 3.44. The zero-order chi connectivity index (χ0) is 11.6. The van der Waals surface area contributed by atoms with Crippen LogP contribution in [0.3, 0.4) is 0 Å². The third-order valence-electron chi connectivity index (χ3n) is 2.98. The van der Waals surface area contributed by atoms with E-state index in [-0.39, 0.29) is 29.0 Å². The molecule has 1 aliphatic heterocycles. The zero-order valence-corrected chi connectivity index (χ0v) is 10.5. The van der Waals surface area contributed by atoms with Crippen molar-refractivity contribution >= 4 is 17.4 Å². The molecule has 0 N–H and O–H groups in total. The van der Waals surface area contributed by atoms with Crippen LogP contribution in [-0.4, -0.2) is 30.2 Å². The molecule has 1 saturated heterocycles. The number of ether oxygens (including phenoxy) is 2. The number of carbonyl (C=O) groups is 1. The number of hydrogen-bond acceptors (Lipinski definition) is 3. The van der Waals surface area contributed by atoms with Crippen LogP contribution in [0, 0.1) is 5.92 Å². The highest BCUT2D eigenvalue weighted by molar-refractivity contribution is 6.23. The van der Waals surface area contributed by atoms with E-state index in [9.17, 15) is 4.79 Å². The molecule has 4 heteroatoms. The molecule has 0 amide bonds. The molecule has 3 atom stereocenters. The standard InChI is InChI=1S/C11H19ClO3/c1-7(13)9-5-8(11(2,3)12)6-10(14-4)15-9/h8-10H,5-6H2,1-4H3/t8-,9-,10-/m0/s1. The molecule has 1 heterocycles. The SMILES string of the molecule is CO[C@@H]1C[C@@H](C(C)(C)Cl)C[C@@H](C(C)=O)O1. The van der Waals surface area contributed by atoms with Crippen molar-refractivity contribution in [3.63, 3.8) is 0 Å². The molecule has 0 saturated carbocycles. The van der Waals surface area contributed by atoms with Gasteiger partial charge in [-0.2, -0.15) is 0 Å². The summed E-state index contributed by atoms with van der Waals surface area (Å²) in [6.45, 7) is 5.48. The van der Waals surface area contributed by atoms with Gasteiger partial charge in [0.25, 0.3) is 0 Å². The summed E-state index contributed by atoms with van der Waals surface area (Å²) in [5, 5.41) is 0. The second-order valence-corrected chi connectivity index (χ2v) is 5.61. The van der Waals surface area contributed by atoms with Gasteiger partial charge < -0.3 is 9.47 Å². The van der Waals surface area contributed by atoms with Gasteiger partial charge in [0.15, 0.2) is 12.1 Å². The Labute approximate surface area is 96.1 Å². The van der Waals surface area contributed by atoms with E-state index in [4.69, 9.17) is 21.1 Å². The number of ketones is 1. The van der Waals surface area contributed by atoms with E-state index in [0.29, 0.717) is 6.42 Å². The van der Waals surface area contributed by atoms with E-state index in [1.54, 1.807) is 14.0 Å². The van der Waals surface area contributed by atoms with Gasteiger partial charge in [0.2, 0.25) is 0 Å². The molecule has 1 fully saturated rings. The van der Waals surface area contributed by atoms with Crippen LogP contribution in [0.4, 0.5) is 0 Å². The van der Waals surface area contributed by atoms with Crippen LogP contribution in [0.2, 0.25) is 0 Å². The number of Topliss-reactive ketones (excluding diaryl/α,β-unsaturated/α-hetero) is 1. The highest BCUT2D eigenvalue weighted by Gasteiger charge is 2.38. The lowest BCUT2D eigenvalue weighted by atomic mass is 9.84. The maximum Gasteiger partial charge on any atom is 0.158 e. The monoisotopic (exact) mass is 234 g/mol. The summed E-state index contributed by atoms with van der Waals surface area (Å²) in [5.41, 5.74) is 0. The van der Waals surface area contributed by atoms with Gasteiger partial charge >= 0.3 is 0 Å². The van der Waals surface area contributed by atoms with Crippen LogP contribution in [-0.2, 0) is 14.3 Å². The van der Waals surface area contributed by atoms with Crippen molar-refractivity contribution in [1.29, 1.82) is 0 Å². The first-order chi connectivity index (χ1) is 6.84. The van der Waals surface area contributed by atoms with Gasteiger partial charge in [0, 0.05) is 18.4 Å². The van der Waals surface area contributed by atoms with Gasteiger partial charge in [-0.15, -0.1) is 11.6 Å². The van der Waals surface area contributed by atoms with Crippen LogP contribution < -0.4 is 0 Å². The molecule has 0 aromatic carbocycles. The number of halogens is 1. The van der Waals surface area contributed by atoms with Crippen LogP contribution in [0.25, 0.3) is 0 Å². The molecule has 1 aliphatic rings. The Hall–Kier alpha value is -0.120. The van der Waals surface area contributed by atoms with Gasteiger partial charge in [-0.25, -0.2) is 0 Å². The lowest BCUT2D eigenvalue weighted by Crippen LogP contribution is -2.43. The molecule has 15 heavy (non-hydrogen) atoms. The highest BCUT2D eigenvalue weighted by Crippen LogP contribution is 2.37. The molecular formula is C11H19ClO3. The van der Waals surface area contributed by atoms with Crippen molar-refractivity contribution in [3.05, 3.63) is 0 Å². The molecule has 1 rings (SSSR count). The predicted molar refractivity (Wildman–Crippen MR) is 59.0 cm³/mol. The molecule has 3 nitrogen and oxygen atoms in total. The summed E-state index contributed by atoms with van der Waals surface area (Å²) in [4.78, 5) is 11.0. The van der Waals surface area contributed by atoms with Gasteiger partial charge in [-0.05, 0) is 33.1 Å². The fourth-order valence-corrected chi connectivity index (χ4v) is 2.03. The van der Waals surface area contributed by atoms with Crippen molar-refractivity contribution < 1.29 is 14.3 Å². The molecular weight excluding hydrogens is 216 g/mol. The van der Waals surface area contributed by atoms with Crippen molar-refractivity contribution in [2.24, 2.45) is 5.92 Å². The minimum absolute atomic E-state index is 0.0441.